The molecule has 0 unspecified atom stereocenters. The van der Waals surface area contributed by atoms with Crippen LogP contribution in [0.3, 0.4) is 0 Å². The van der Waals surface area contributed by atoms with E-state index >= 15 is 0 Å². The standard InChI is InChI=1S/C14H10Cl2N2S/c1-8-5-6-9(7-11(8)16)18-12-4-2-3-10(15)13(12)17-14(18)19/h2-7H,1H3,(H,17,19). The van der Waals surface area contributed by atoms with Crippen LogP contribution < -0.4 is 0 Å². The normalized spacial score (nSPS) is 11.1. The summed E-state index contributed by atoms with van der Waals surface area (Å²) < 4.78 is 2.53. The summed E-state index contributed by atoms with van der Waals surface area (Å²) in [6, 6.07) is 11.6. The van der Waals surface area contributed by atoms with E-state index in [1.54, 1.807) is 0 Å². The number of nitrogens with zero attached hydrogens (tertiary/aromatic N) is 1. The molecule has 0 bridgehead atoms. The Morgan fingerprint density at radius 3 is 2.63 bits per heavy atom. The Morgan fingerprint density at radius 1 is 1.11 bits per heavy atom. The van der Waals surface area contributed by atoms with Gasteiger partial charge in [0.15, 0.2) is 4.77 Å². The lowest BCUT2D eigenvalue weighted by molar-refractivity contribution is 1.06. The van der Waals surface area contributed by atoms with E-state index in [9.17, 15) is 0 Å². The lowest BCUT2D eigenvalue weighted by atomic mass is 10.2. The molecule has 0 aliphatic heterocycles. The summed E-state index contributed by atoms with van der Waals surface area (Å²) in [5, 5.41) is 1.37. The summed E-state index contributed by atoms with van der Waals surface area (Å²) in [7, 11) is 0. The van der Waals surface area contributed by atoms with Crippen LogP contribution in [0.1, 0.15) is 5.56 Å². The van der Waals surface area contributed by atoms with Gasteiger partial charge in [0, 0.05) is 10.7 Å². The third-order valence-electron chi connectivity index (χ3n) is 3.08. The van der Waals surface area contributed by atoms with Crippen molar-refractivity contribution in [1.82, 2.24) is 9.55 Å². The first-order valence-corrected chi connectivity index (χ1v) is 6.90. The van der Waals surface area contributed by atoms with Crippen molar-refractivity contribution in [3.05, 3.63) is 56.8 Å². The molecule has 96 valence electrons. The van der Waals surface area contributed by atoms with Crippen LogP contribution in [0, 0.1) is 11.7 Å². The Labute approximate surface area is 125 Å². The number of benzene rings is 2. The molecule has 3 rings (SSSR count). The number of nitrogens with one attached hydrogen (secondary N) is 1. The zero-order chi connectivity index (χ0) is 13.6. The largest absolute Gasteiger partial charge is 0.329 e. The van der Waals surface area contributed by atoms with Crippen LogP contribution in [0.25, 0.3) is 16.7 Å². The molecule has 1 heterocycles. The first-order valence-electron chi connectivity index (χ1n) is 5.73. The quantitative estimate of drug-likeness (QED) is 0.605. The molecular weight excluding hydrogens is 299 g/mol. The maximum atomic E-state index is 6.18. The fourth-order valence-electron chi connectivity index (χ4n) is 2.07. The van der Waals surface area contributed by atoms with Gasteiger partial charge in [0.25, 0.3) is 0 Å². The highest BCUT2D eigenvalue weighted by Gasteiger charge is 2.09. The SMILES string of the molecule is Cc1ccc(-n2c(=S)[nH]c3c(Cl)cccc32)cc1Cl. The molecular formula is C14H10Cl2N2S. The number of aryl methyl sites for hydroxylation is 1. The van der Waals surface area contributed by atoms with E-state index in [2.05, 4.69) is 4.98 Å². The van der Waals surface area contributed by atoms with Gasteiger partial charge in [-0.15, -0.1) is 0 Å². The van der Waals surface area contributed by atoms with Gasteiger partial charge in [-0.2, -0.15) is 0 Å². The highest BCUT2D eigenvalue weighted by molar-refractivity contribution is 7.71. The van der Waals surface area contributed by atoms with Gasteiger partial charge in [-0.25, -0.2) is 0 Å². The second-order valence-corrected chi connectivity index (χ2v) is 5.53. The van der Waals surface area contributed by atoms with Crippen molar-refractivity contribution in [3.8, 4) is 5.69 Å². The van der Waals surface area contributed by atoms with E-state index < -0.39 is 0 Å². The molecule has 19 heavy (non-hydrogen) atoms. The van der Waals surface area contributed by atoms with Gasteiger partial charge in [0.2, 0.25) is 0 Å². The summed E-state index contributed by atoms with van der Waals surface area (Å²) in [5.41, 5.74) is 3.74. The van der Waals surface area contributed by atoms with E-state index in [1.807, 2.05) is 47.9 Å². The molecule has 5 heteroatoms. The summed E-state index contributed by atoms with van der Waals surface area (Å²) in [6.45, 7) is 1.97. The molecule has 0 fully saturated rings. The van der Waals surface area contributed by atoms with Crippen molar-refractivity contribution in [3.63, 3.8) is 0 Å². The minimum absolute atomic E-state index is 0.600. The molecule has 3 aromatic rings. The van der Waals surface area contributed by atoms with Gasteiger partial charge < -0.3 is 4.98 Å². The number of rotatable bonds is 1. The molecule has 2 nitrogen and oxygen atoms in total. The summed E-state index contributed by atoms with van der Waals surface area (Å²) in [6.07, 6.45) is 0. The van der Waals surface area contributed by atoms with Gasteiger partial charge in [-0.05, 0) is 49.0 Å². The highest BCUT2D eigenvalue weighted by atomic mass is 35.5. The van der Waals surface area contributed by atoms with Crippen molar-refractivity contribution < 1.29 is 0 Å². The maximum Gasteiger partial charge on any atom is 0.182 e. The molecule has 0 saturated carbocycles. The van der Waals surface area contributed by atoms with Crippen LogP contribution in [0.15, 0.2) is 36.4 Å². The van der Waals surface area contributed by atoms with E-state index in [4.69, 9.17) is 35.4 Å². The molecule has 0 amide bonds. The van der Waals surface area contributed by atoms with Crippen molar-refractivity contribution in [1.29, 1.82) is 0 Å². The summed E-state index contributed by atoms with van der Waals surface area (Å²) >= 11 is 17.7. The number of hydrogen-bond donors (Lipinski definition) is 1. The maximum absolute atomic E-state index is 6.18. The minimum Gasteiger partial charge on any atom is -0.329 e. The average Bonchev–Trinajstić information content (AvgIpc) is 2.71. The predicted octanol–water partition coefficient (Wildman–Crippen LogP) is 5.30. The summed E-state index contributed by atoms with van der Waals surface area (Å²) in [5.74, 6) is 0. The monoisotopic (exact) mass is 308 g/mol. The lowest BCUT2D eigenvalue weighted by Crippen LogP contribution is -1.94. The molecule has 0 radical (unpaired) electrons. The van der Waals surface area contributed by atoms with Crippen LogP contribution in [0.5, 0.6) is 0 Å². The van der Waals surface area contributed by atoms with Gasteiger partial charge in [-0.3, -0.25) is 4.57 Å². The number of aromatic nitrogens is 2. The van der Waals surface area contributed by atoms with Crippen molar-refractivity contribution >= 4 is 46.5 Å². The van der Waals surface area contributed by atoms with Gasteiger partial charge in [0.05, 0.1) is 16.1 Å². The number of imidazole rings is 1. The van der Waals surface area contributed by atoms with Crippen LogP contribution in [-0.2, 0) is 0 Å². The van der Waals surface area contributed by atoms with Crippen LogP contribution >= 0.6 is 35.4 Å². The highest BCUT2D eigenvalue weighted by Crippen LogP contribution is 2.27. The fraction of sp³-hybridized carbons (Fsp3) is 0.0714. The number of halogens is 2. The molecule has 1 N–H and O–H groups in total. The second kappa shape index (κ2) is 4.67. The van der Waals surface area contributed by atoms with E-state index in [0.717, 1.165) is 27.3 Å². The molecule has 0 spiro atoms. The molecule has 0 saturated heterocycles. The first kappa shape index (κ1) is 12.7. The van der Waals surface area contributed by atoms with Crippen molar-refractivity contribution in [2.24, 2.45) is 0 Å². The fourth-order valence-corrected chi connectivity index (χ4v) is 2.77. The van der Waals surface area contributed by atoms with E-state index in [0.29, 0.717) is 9.79 Å². The van der Waals surface area contributed by atoms with Crippen molar-refractivity contribution in [2.45, 2.75) is 6.92 Å². The van der Waals surface area contributed by atoms with E-state index in [1.165, 1.54) is 0 Å². The molecule has 1 aromatic heterocycles. The number of aromatic amines is 1. The van der Waals surface area contributed by atoms with Crippen LogP contribution in [-0.4, -0.2) is 9.55 Å². The number of H-pyrrole nitrogens is 1. The van der Waals surface area contributed by atoms with Gasteiger partial charge in [-0.1, -0.05) is 35.3 Å². The predicted molar refractivity (Wildman–Crippen MR) is 83.2 cm³/mol. The molecule has 2 aromatic carbocycles. The lowest BCUT2D eigenvalue weighted by Gasteiger charge is -2.06. The minimum atomic E-state index is 0.600. The Kier molecular flexibility index (Phi) is 3.13. The third kappa shape index (κ3) is 2.08. The second-order valence-electron chi connectivity index (χ2n) is 4.33. The Balaban J connectivity index is 2.36. The molecule has 0 aliphatic carbocycles. The first-order chi connectivity index (χ1) is 9.08. The smallest absolute Gasteiger partial charge is 0.182 e. The van der Waals surface area contributed by atoms with Gasteiger partial charge in [0.1, 0.15) is 0 Å². The Hall–Kier alpha value is -1.29. The van der Waals surface area contributed by atoms with Crippen LogP contribution in [0.2, 0.25) is 10.0 Å². The number of hydrogen-bond acceptors (Lipinski definition) is 1. The average molecular weight is 309 g/mol. The molecule has 0 aliphatic rings. The van der Waals surface area contributed by atoms with Gasteiger partial charge >= 0.3 is 0 Å². The molecule has 0 atom stereocenters. The third-order valence-corrected chi connectivity index (χ3v) is 4.09. The summed E-state index contributed by atoms with van der Waals surface area (Å²) in [4.78, 5) is 3.13. The van der Waals surface area contributed by atoms with E-state index in [-0.39, 0.29) is 0 Å². The number of fused-ring (bicyclic) bond motifs is 1. The van der Waals surface area contributed by atoms with Crippen LogP contribution in [0.4, 0.5) is 0 Å². The van der Waals surface area contributed by atoms with Crippen molar-refractivity contribution in [2.75, 3.05) is 0 Å². The Morgan fingerprint density at radius 2 is 1.89 bits per heavy atom. The zero-order valence-electron chi connectivity index (χ0n) is 10.1. The zero-order valence-corrected chi connectivity index (χ0v) is 12.4. The topological polar surface area (TPSA) is 20.7 Å². The number of para-hydroxylation sites is 1. The Bertz CT molecular complexity index is 833.